The van der Waals surface area contributed by atoms with Gasteiger partial charge in [0, 0.05) is 0 Å². The van der Waals surface area contributed by atoms with E-state index in [2.05, 4.69) is 5.32 Å². The lowest BCUT2D eigenvalue weighted by molar-refractivity contribution is 1.02. The molecule has 0 saturated carbocycles. The summed E-state index contributed by atoms with van der Waals surface area (Å²) in [5.41, 5.74) is 0. The van der Waals surface area contributed by atoms with E-state index in [1.807, 2.05) is 14.1 Å². The zero-order valence-electron chi connectivity index (χ0n) is 4.21. The predicted molar refractivity (Wildman–Crippen MR) is 36.3 cm³/mol. The largest absolute Gasteiger partial charge is 0.323 e. The first-order valence-corrected chi connectivity index (χ1v) is 2.96. The third kappa shape index (κ3) is 231. The second kappa shape index (κ2) is 9.95. The second-order valence-electron chi connectivity index (χ2n) is 0.747. The SMILES string of the molecule is CNC.ClC(Cl)Cl. The zero-order valence-corrected chi connectivity index (χ0v) is 6.48. The first-order valence-electron chi connectivity index (χ1n) is 1.65. The van der Waals surface area contributed by atoms with Gasteiger partial charge in [-0.25, -0.2) is 0 Å². The Bertz CT molecular complexity index is 21.4. The van der Waals surface area contributed by atoms with Crippen LogP contribution < -0.4 is 5.32 Å². The molecular weight excluding hydrogens is 156 g/mol. The van der Waals surface area contributed by atoms with Crippen molar-refractivity contribution < 1.29 is 0 Å². The van der Waals surface area contributed by atoms with E-state index >= 15 is 0 Å². The highest BCUT2D eigenvalue weighted by atomic mass is 35.6. The molecular formula is C3H8Cl3N. The number of rotatable bonds is 0. The molecule has 0 aliphatic carbocycles. The van der Waals surface area contributed by atoms with Crippen molar-refractivity contribution in [2.45, 2.75) is 4.30 Å². The molecule has 0 bridgehead atoms. The van der Waals surface area contributed by atoms with Gasteiger partial charge >= 0.3 is 0 Å². The number of alkyl halides is 3. The molecule has 46 valence electrons. The van der Waals surface area contributed by atoms with Crippen molar-refractivity contribution >= 4 is 34.8 Å². The third-order valence-electron chi connectivity index (χ3n) is 0. The smallest absolute Gasteiger partial charge is 0.180 e. The zero-order chi connectivity index (χ0) is 6.28. The fourth-order valence-corrected chi connectivity index (χ4v) is 0. The van der Waals surface area contributed by atoms with E-state index in [9.17, 15) is 0 Å². The number of hydrogen-bond donors (Lipinski definition) is 1. The Morgan fingerprint density at radius 1 is 1.14 bits per heavy atom. The molecule has 0 saturated heterocycles. The summed E-state index contributed by atoms with van der Waals surface area (Å²) >= 11 is 14.4. The van der Waals surface area contributed by atoms with E-state index in [4.69, 9.17) is 34.8 Å². The number of halogens is 3. The Labute approximate surface area is 58.9 Å². The van der Waals surface area contributed by atoms with Crippen LogP contribution in [0.4, 0.5) is 0 Å². The van der Waals surface area contributed by atoms with Crippen LogP contribution in [0.15, 0.2) is 0 Å². The van der Waals surface area contributed by atoms with E-state index in [0.717, 1.165) is 0 Å². The van der Waals surface area contributed by atoms with E-state index in [-0.39, 0.29) is 0 Å². The van der Waals surface area contributed by atoms with E-state index in [1.165, 1.54) is 0 Å². The second-order valence-corrected chi connectivity index (χ2v) is 2.73. The normalized spacial score (nSPS) is 7.71. The molecule has 1 nitrogen and oxygen atoms in total. The van der Waals surface area contributed by atoms with Gasteiger partial charge < -0.3 is 5.32 Å². The minimum absolute atomic E-state index is 0.750. The van der Waals surface area contributed by atoms with E-state index < -0.39 is 4.30 Å². The summed E-state index contributed by atoms with van der Waals surface area (Å²) in [6, 6.07) is 0. The summed E-state index contributed by atoms with van der Waals surface area (Å²) < 4.78 is -0.750. The van der Waals surface area contributed by atoms with Gasteiger partial charge in [-0.2, -0.15) is 0 Å². The molecule has 4 heteroatoms. The maximum atomic E-state index is 4.81. The first-order chi connectivity index (χ1) is 3.15. The van der Waals surface area contributed by atoms with Crippen LogP contribution in [-0.2, 0) is 0 Å². The molecule has 0 rings (SSSR count). The predicted octanol–water partition coefficient (Wildman–Crippen LogP) is 1.82. The minimum Gasteiger partial charge on any atom is -0.323 e. The highest BCUT2D eigenvalue weighted by Gasteiger charge is 1.78. The van der Waals surface area contributed by atoms with Gasteiger partial charge in [0.2, 0.25) is 0 Å². The molecule has 0 aromatic rings. The van der Waals surface area contributed by atoms with Crippen LogP contribution in [0.5, 0.6) is 0 Å². The van der Waals surface area contributed by atoms with Gasteiger partial charge in [-0.3, -0.25) is 0 Å². The fourth-order valence-electron chi connectivity index (χ4n) is 0. The number of hydrogen-bond acceptors (Lipinski definition) is 1. The van der Waals surface area contributed by atoms with Crippen molar-refractivity contribution in [2.75, 3.05) is 14.1 Å². The van der Waals surface area contributed by atoms with Gasteiger partial charge in [-0.1, -0.05) is 34.8 Å². The van der Waals surface area contributed by atoms with E-state index in [1.54, 1.807) is 0 Å². The van der Waals surface area contributed by atoms with Gasteiger partial charge in [-0.15, -0.1) is 0 Å². The molecule has 0 fully saturated rings. The molecule has 0 heterocycles. The van der Waals surface area contributed by atoms with Gasteiger partial charge in [-0.05, 0) is 14.1 Å². The average Bonchev–Trinajstić information content (AvgIpc) is 1.33. The summed E-state index contributed by atoms with van der Waals surface area (Å²) in [7, 11) is 3.75. The Hall–Kier alpha value is 0.830. The van der Waals surface area contributed by atoms with Gasteiger partial charge in [0.05, 0.1) is 0 Å². The minimum atomic E-state index is -0.750. The lowest BCUT2D eigenvalue weighted by Crippen LogP contribution is -1.89. The Balaban J connectivity index is 0. The Kier molecular flexibility index (Phi) is 15.3. The molecule has 0 radical (unpaired) electrons. The van der Waals surface area contributed by atoms with Gasteiger partial charge in [0.15, 0.2) is 4.30 Å². The molecule has 0 aliphatic rings. The standard InChI is InChI=1S/C2H7N.CHCl3/c1-3-2;2-1(3)4/h3H,1-2H3;1H. The van der Waals surface area contributed by atoms with Crippen molar-refractivity contribution in [1.82, 2.24) is 5.32 Å². The highest BCUT2D eigenvalue weighted by Crippen LogP contribution is 2.03. The Morgan fingerprint density at radius 2 is 1.14 bits per heavy atom. The van der Waals surface area contributed by atoms with Crippen LogP contribution in [-0.4, -0.2) is 18.4 Å². The molecule has 0 atom stereocenters. The molecule has 0 amide bonds. The lowest BCUT2D eigenvalue weighted by Gasteiger charge is -1.69. The molecule has 0 unspecified atom stereocenters. The monoisotopic (exact) mass is 163 g/mol. The van der Waals surface area contributed by atoms with Crippen molar-refractivity contribution in [3.8, 4) is 0 Å². The van der Waals surface area contributed by atoms with Crippen LogP contribution in [0, 0.1) is 0 Å². The van der Waals surface area contributed by atoms with Crippen LogP contribution in [0.1, 0.15) is 0 Å². The Morgan fingerprint density at radius 3 is 1.14 bits per heavy atom. The number of nitrogens with one attached hydrogen (secondary N) is 1. The molecule has 0 aromatic carbocycles. The maximum Gasteiger partial charge on any atom is 0.180 e. The van der Waals surface area contributed by atoms with Gasteiger partial charge in [0.1, 0.15) is 0 Å². The molecule has 1 N–H and O–H groups in total. The molecule has 0 aromatic heterocycles. The lowest BCUT2D eigenvalue weighted by atomic mass is 11.3. The summed E-state index contributed by atoms with van der Waals surface area (Å²) in [6.45, 7) is 0. The molecule has 0 spiro atoms. The first kappa shape index (κ1) is 10.7. The summed E-state index contributed by atoms with van der Waals surface area (Å²) in [5, 5.41) is 2.75. The van der Waals surface area contributed by atoms with Crippen molar-refractivity contribution in [3.63, 3.8) is 0 Å². The van der Waals surface area contributed by atoms with Crippen molar-refractivity contribution in [1.29, 1.82) is 0 Å². The summed E-state index contributed by atoms with van der Waals surface area (Å²) in [4.78, 5) is 0. The summed E-state index contributed by atoms with van der Waals surface area (Å²) in [6.07, 6.45) is 0. The molecule has 7 heavy (non-hydrogen) atoms. The van der Waals surface area contributed by atoms with Crippen molar-refractivity contribution in [3.05, 3.63) is 0 Å². The highest BCUT2D eigenvalue weighted by molar-refractivity contribution is 6.63. The van der Waals surface area contributed by atoms with Crippen molar-refractivity contribution in [2.24, 2.45) is 0 Å². The van der Waals surface area contributed by atoms with Crippen LogP contribution >= 0.6 is 34.8 Å². The average molecular weight is 164 g/mol. The van der Waals surface area contributed by atoms with Crippen LogP contribution in [0.25, 0.3) is 0 Å². The third-order valence-corrected chi connectivity index (χ3v) is 0. The summed E-state index contributed by atoms with van der Waals surface area (Å²) in [5.74, 6) is 0. The van der Waals surface area contributed by atoms with Crippen LogP contribution in [0.3, 0.4) is 0 Å². The van der Waals surface area contributed by atoms with Crippen LogP contribution in [0.2, 0.25) is 0 Å². The molecule has 0 aliphatic heterocycles. The topological polar surface area (TPSA) is 12.0 Å². The van der Waals surface area contributed by atoms with Gasteiger partial charge in [0.25, 0.3) is 0 Å². The fraction of sp³-hybridized carbons (Fsp3) is 1.00. The maximum absolute atomic E-state index is 4.81. The quantitative estimate of drug-likeness (QED) is 0.539. The van der Waals surface area contributed by atoms with E-state index in [0.29, 0.717) is 0 Å².